The zero-order valence-corrected chi connectivity index (χ0v) is 11.2. The largest absolute Gasteiger partial charge is 0.374 e. The first-order chi connectivity index (χ1) is 8.40. The second-order valence-electron chi connectivity index (χ2n) is 5.84. The van der Waals surface area contributed by atoms with E-state index in [1.54, 1.807) is 12.1 Å². The summed E-state index contributed by atoms with van der Waals surface area (Å²) in [5.41, 5.74) is 0.780. The molecule has 1 fully saturated rings. The van der Waals surface area contributed by atoms with E-state index >= 15 is 0 Å². The number of ketones is 1. The Balaban J connectivity index is 2.02. The number of halogens is 1. The Morgan fingerprint density at radius 2 is 1.94 bits per heavy atom. The molecular weight excluding hydrogens is 229 g/mol. The molecule has 2 rings (SSSR count). The van der Waals surface area contributed by atoms with Crippen molar-refractivity contribution < 1.29 is 9.18 Å². The van der Waals surface area contributed by atoms with Gasteiger partial charge in [0.15, 0.2) is 0 Å². The van der Waals surface area contributed by atoms with E-state index in [0.29, 0.717) is 12.3 Å². The lowest BCUT2D eigenvalue weighted by Crippen LogP contribution is -2.31. The highest BCUT2D eigenvalue weighted by atomic mass is 19.1. The van der Waals surface area contributed by atoms with Crippen molar-refractivity contribution in [3.05, 3.63) is 30.1 Å². The summed E-state index contributed by atoms with van der Waals surface area (Å²) in [6.07, 6.45) is 1.92. The van der Waals surface area contributed by atoms with Crippen LogP contribution in [0.1, 0.15) is 26.7 Å². The van der Waals surface area contributed by atoms with Gasteiger partial charge in [0.2, 0.25) is 0 Å². The van der Waals surface area contributed by atoms with E-state index in [4.69, 9.17) is 0 Å². The lowest BCUT2D eigenvalue weighted by Gasteiger charge is -2.23. The molecule has 0 heterocycles. The smallest absolute Gasteiger partial charge is 0.143 e. The van der Waals surface area contributed by atoms with E-state index in [1.165, 1.54) is 12.1 Å². The highest BCUT2D eigenvalue weighted by Gasteiger charge is 2.40. The van der Waals surface area contributed by atoms with Gasteiger partial charge in [0.25, 0.3) is 0 Å². The van der Waals surface area contributed by atoms with Crippen LogP contribution < -0.4 is 4.90 Å². The SMILES string of the molecule is CN(CC1CCC(C)(C)C1=O)c1ccc(F)cc1. The number of carbonyl (C=O) groups is 1. The molecule has 0 aliphatic heterocycles. The average Bonchev–Trinajstić information content (AvgIpc) is 2.57. The van der Waals surface area contributed by atoms with Gasteiger partial charge in [0.05, 0.1) is 0 Å². The van der Waals surface area contributed by atoms with E-state index < -0.39 is 0 Å². The molecule has 0 amide bonds. The maximum absolute atomic E-state index is 12.8. The van der Waals surface area contributed by atoms with Gasteiger partial charge in [-0.25, -0.2) is 4.39 Å². The van der Waals surface area contributed by atoms with E-state index in [0.717, 1.165) is 18.5 Å². The van der Waals surface area contributed by atoms with Crippen molar-refractivity contribution in [2.45, 2.75) is 26.7 Å². The van der Waals surface area contributed by atoms with Gasteiger partial charge in [0.1, 0.15) is 11.6 Å². The minimum atomic E-state index is -0.231. The predicted octanol–water partition coefficient (Wildman–Crippen LogP) is 3.27. The van der Waals surface area contributed by atoms with Crippen molar-refractivity contribution in [1.29, 1.82) is 0 Å². The number of benzene rings is 1. The number of Topliss-reactive ketones (excluding diaryl/α,β-unsaturated/α-hetero) is 1. The molecule has 0 N–H and O–H groups in total. The summed E-state index contributed by atoms with van der Waals surface area (Å²) < 4.78 is 12.8. The Bertz CT molecular complexity index is 438. The van der Waals surface area contributed by atoms with Gasteiger partial charge in [-0.1, -0.05) is 13.8 Å². The first-order valence-corrected chi connectivity index (χ1v) is 6.41. The van der Waals surface area contributed by atoms with Crippen LogP contribution in [-0.2, 0) is 4.79 Å². The molecule has 0 spiro atoms. The van der Waals surface area contributed by atoms with Crippen molar-refractivity contribution >= 4 is 11.5 Å². The zero-order chi connectivity index (χ0) is 13.3. The number of rotatable bonds is 3. The lowest BCUT2D eigenvalue weighted by atomic mass is 9.89. The fraction of sp³-hybridized carbons (Fsp3) is 0.533. The first kappa shape index (κ1) is 13.1. The quantitative estimate of drug-likeness (QED) is 0.819. The Labute approximate surface area is 108 Å². The van der Waals surface area contributed by atoms with Gasteiger partial charge >= 0.3 is 0 Å². The lowest BCUT2D eigenvalue weighted by molar-refractivity contribution is -0.127. The summed E-state index contributed by atoms with van der Waals surface area (Å²) >= 11 is 0. The van der Waals surface area contributed by atoms with Gasteiger partial charge in [-0.3, -0.25) is 4.79 Å². The summed E-state index contributed by atoms with van der Waals surface area (Å²) in [5.74, 6) is 0.233. The molecule has 0 radical (unpaired) electrons. The standard InChI is InChI=1S/C15H20FNO/c1-15(2)9-8-11(14(15)18)10-17(3)13-6-4-12(16)5-7-13/h4-7,11H,8-10H2,1-3H3. The molecule has 1 aromatic rings. The molecule has 1 aliphatic carbocycles. The minimum Gasteiger partial charge on any atom is -0.374 e. The summed E-state index contributed by atoms with van der Waals surface area (Å²) in [7, 11) is 1.95. The maximum Gasteiger partial charge on any atom is 0.143 e. The summed E-state index contributed by atoms with van der Waals surface area (Å²) in [4.78, 5) is 14.2. The predicted molar refractivity (Wildman–Crippen MR) is 71.2 cm³/mol. The molecule has 1 aromatic carbocycles. The summed E-state index contributed by atoms with van der Waals surface area (Å²) in [6.45, 7) is 4.76. The monoisotopic (exact) mass is 249 g/mol. The molecule has 1 atom stereocenters. The van der Waals surface area contributed by atoms with Crippen LogP contribution in [0.15, 0.2) is 24.3 Å². The first-order valence-electron chi connectivity index (χ1n) is 6.41. The topological polar surface area (TPSA) is 20.3 Å². The molecule has 18 heavy (non-hydrogen) atoms. The highest BCUT2D eigenvalue weighted by Crippen LogP contribution is 2.38. The van der Waals surface area contributed by atoms with Crippen LogP contribution in [0.5, 0.6) is 0 Å². The van der Waals surface area contributed by atoms with Crippen molar-refractivity contribution in [2.75, 3.05) is 18.5 Å². The molecule has 2 nitrogen and oxygen atoms in total. The van der Waals surface area contributed by atoms with E-state index in [9.17, 15) is 9.18 Å². The fourth-order valence-corrected chi connectivity index (χ4v) is 2.65. The fourth-order valence-electron chi connectivity index (χ4n) is 2.65. The second-order valence-corrected chi connectivity index (χ2v) is 5.84. The number of nitrogens with zero attached hydrogens (tertiary/aromatic N) is 1. The molecule has 1 aliphatic rings. The van der Waals surface area contributed by atoms with Crippen LogP contribution in [0.3, 0.4) is 0 Å². The van der Waals surface area contributed by atoms with Crippen LogP contribution in [0.25, 0.3) is 0 Å². The molecule has 1 saturated carbocycles. The van der Waals surface area contributed by atoms with Gasteiger partial charge in [-0.05, 0) is 37.1 Å². The molecular formula is C15H20FNO. The van der Waals surface area contributed by atoms with Crippen LogP contribution in [0.2, 0.25) is 0 Å². The van der Waals surface area contributed by atoms with Gasteiger partial charge in [0, 0.05) is 30.6 Å². The number of hydrogen-bond donors (Lipinski definition) is 0. The highest BCUT2D eigenvalue weighted by molar-refractivity contribution is 5.88. The van der Waals surface area contributed by atoms with E-state index in [2.05, 4.69) is 0 Å². The molecule has 0 saturated heterocycles. The third-order valence-corrected chi connectivity index (χ3v) is 3.92. The minimum absolute atomic E-state index is 0.107. The molecule has 98 valence electrons. The Morgan fingerprint density at radius 1 is 1.33 bits per heavy atom. The van der Waals surface area contributed by atoms with Crippen molar-refractivity contribution in [1.82, 2.24) is 0 Å². The molecule has 0 bridgehead atoms. The second kappa shape index (κ2) is 4.71. The Morgan fingerprint density at radius 3 is 2.44 bits per heavy atom. The van der Waals surface area contributed by atoms with Crippen LogP contribution >= 0.6 is 0 Å². The summed E-state index contributed by atoms with van der Waals surface area (Å²) in [5, 5.41) is 0. The zero-order valence-electron chi connectivity index (χ0n) is 11.2. The van der Waals surface area contributed by atoms with Crippen LogP contribution in [0.4, 0.5) is 10.1 Å². The van der Waals surface area contributed by atoms with Gasteiger partial charge < -0.3 is 4.90 Å². The van der Waals surface area contributed by atoms with Crippen LogP contribution in [0, 0.1) is 17.2 Å². The van der Waals surface area contributed by atoms with Crippen molar-refractivity contribution in [3.8, 4) is 0 Å². The third kappa shape index (κ3) is 2.55. The molecule has 0 aromatic heterocycles. The number of carbonyl (C=O) groups excluding carboxylic acids is 1. The maximum atomic E-state index is 12.8. The Hall–Kier alpha value is -1.38. The Kier molecular flexibility index (Phi) is 3.42. The van der Waals surface area contributed by atoms with Crippen molar-refractivity contribution in [2.24, 2.45) is 11.3 Å². The molecule has 3 heteroatoms. The van der Waals surface area contributed by atoms with E-state index in [1.807, 2.05) is 25.8 Å². The van der Waals surface area contributed by atoms with Gasteiger partial charge in [-0.15, -0.1) is 0 Å². The third-order valence-electron chi connectivity index (χ3n) is 3.92. The molecule has 1 unspecified atom stereocenters. The van der Waals surface area contributed by atoms with Crippen LogP contribution in [-0.4, -0.2) is 19.4 Å². The average molecular weight is 249 g/mol. The van der Waals surface area contributed by atoms with Crippen molar-refractivity contribution in [3.63, 3.8) is 0 Å². The summed E-state index contributed by atoms with van der Waals surface area (Å²) in [6, 6.07) is 6.40. The number of anilines is 1. The van der Waals surface area contributed by atoms with E-state index in [-0.39, 0.29) is 17.2 Å². The normalized spacial score (nSPS) is 22.2. The number of hydrogen-bond acceptors (Lipinski definition) is 2. The van der Waals surface area contributed by atoms with Gasteiger partial charge in [-0.2, -0.15) is 0 Å².